The lowest BCUT2D eigenvalue weighted by Gasteiger charge is -2.40. The first-order valence-electron chi connectivity index (χ1n) is 10.9. The molecule has 0 spiro atoms. The average molecular weight is 463 g/mol. The molecule has 2 aliphatic rings. The highest BCUT2D eigenvalue weighted by atomic mass is 32.3. The molecule has 7 nitrogen and oxygen atoms in total. The van der Waals surface area contributed by atoms with E-state index in [1.165, 1.54) is 0 Å². The van der Waals surface area contributed by atoms with Gasteiger partial charge in [-0.2, -0.15) is 0 Å². The highest BCUT2D eigenvalue weighted by Gasteiger charge is 2.31. The van der Waals surface area contributed by atoms with Gasteiger partial charge in [0.25, 0.3) is 5.91 Å². The van der Waals surface area contributed by atoms with Crippen LogP contribution in [-0.4, -0.2) is 44.0 Å². The number of pyridine rings is 1. The predicted octanol–water partition coefficient (Wildman–Crippen LogP) is 3.48. The number of fused-ring (bicyclic) bond motifs is 1. The number of carbonyl (C=O) groups is 1. The quantitative estimate of drug-likeness (QED) is 0.448. The Bertz CT molecular complexity index is 1270. The number of nitrogens with zero attached hydrogens (tertiary/aromatic N) is 2. The van der Waals surface area contributed by atoms with Crippen molar-refractivity contribution in [1.29, 1.82) is 0 Å². The van der Waals surface area contributed by atoms with E-state index >= 15 is 0 Å². The molecule has 1 aliphatic heterocycles. The van der Waals surface area contributed by atoms with Crippen LogP contribution in [0.2, 0.25) is 0 Å². The summed E-state index contributed by atoms with van der Waals surface area (Å²) in [6, 6.07) is 20.8. The van der Waals surface area contributed by atoms with Crippen LogP contribution in [0.3, 0.4) is 0 Å². The van der Waals surface area contributed by atoms with E-state index in [4.69, 9.17) is 0 Å². The molecule has 0 unspecified atom stereocenters. The zero-order valence-electron chi connectivity index (χ0n) is 18.0. The largest absolute Gasteiger partial charge is 0.379 e. The maximum atomic E-state index is 12.8. The molecular weight excluding hydrogens is 436 g/mol. The number of nitrogens with one attached hydrogen (secondary N) is 2. The molecule has 5 rings (SSSR count). The van der Waals surface area contributed by atoms with Gasteiger partial charge in [0.1, 0.15) is 0 Å². The Labute approximate surface area is 194 Å². The van der Waals surface area contributed by atoms with Gasteiger partial charge < -0.3 is 10.2 Å². The molecule has 4 N–H and O–H groups in total. The zero-order chi connectivity index (χ0) is 22.8. The smallest absolute Gasteiger partial charge is 0.253 e. The summed E-state index contributed by atoms with van der Waals surface area (Å²) in [5.74, 6) is -0.0328. The van der Waals surface area contributed by atoms with Crippen LogP contribution in [0.4, 0.5) is 11.4 Å². The summed E-state index contributed by atoms with van der Waals surface area (Å²) in [4.78, 5) is 19.4. The van der Waals surface area contributed by atoms with Crippen molar-refractivity contribution >= 4 is 39.0 Å². The molecule has 3 aromatic rings. The van der Waals surface area contributed by atoms with E-state index in [2.05, 4.69) is 21.1 Å². The normalized spacial score (nSPS) is 16.3. The predicted molar refractivity (Wildman–Crippen MR) is 133 cm³/mol. The van der Waals surface area contributed by atoms with Crippen LogP contribution in [-0.2, 0) is 0 Å². The van der Waals surface area contributed by atoms with E-state index in [1.807, 2.05) is 42.5 Å². The molecular formula is C25H26N4O3S. The van der Waals surface area contributed by atoms with Crippen molar-refractivity contribution in [3.05, 3.63) is 89.1 Å². The number of amides is 1. The van der Waals surface area contributed by atoms with Gasteiger partial charge in [-0.15, -0.1) is 0 Å². The summed E-state index contributed by atoms with van der Waals surface area (Å²) in [5.41, 5.74) is 2.16. The Hall–Kier alpha value is -3.33. The molecule has 8 heteroatoms. The van der Waals surface area contributed by atoms with Crippen LogP contribution in [0.15, 0.2) is 72.9 Å². The monoisotopic (exact) mass is 462 g/mol. The maximum Gasteiger partial charge on any atom is 0.253 e. The molecule has 2 heterocycles. The number of likely N-dealkylation sites (tertiary alicyclic amines) is 1. The topological polar surface area (TPSA) is 97.7 Å². The molecule has 0 radical (unpaired) electrons. The highest BCUT2D eigenvalue weighted by molar-refractivity contribution is 8.32. The summed E-state index contributed by atoms with van der Waals surface area (Å²) < 4.78 is 24.6. The van der Waals surface area contributed by atoms with Gasteiger partial charge in [0.15, 0.2) is 0 Å². The van der Waals surface area contributed by atoms with Crippen molar-refractivity contribution in [3.8, 4) is 0 Å². The van der Waals surface area contributed by atoms with E-state index in [-0.39, 0.29) is 11.9 Å². The second kappa shape index (κ2) is 8.90. The SMILES string of the molecule is O=C(c1ccc(NS(O)(O)C2=c3ncccc3=CCC2)cc1)N1CC(Nc2ccccc2)C1. The van der Waals surface area contributed by atoms with Crippen molar-refractivity contribution in [2.45, 2.75) is 18.9 Å². The molecule has 1 saturated heterocycles. The van der Waals surface area contributed by atoms with Crippen LogP contribution in [0.25, 0.3) is 11.0 Å². The van der Waals surface area contributed by atoms with Gasteiger partial charge in [-0.1, -0.05) is 41.1 Å². The van der Waals surface area contributed by atoms with E-state index in [9.17, 15) is 13.9 Å². The molecule has 1 amide bonds. The second-order valence-electron chi connectivity index (χ2n) is 8.25. The number of carbonyl (C=O) groups excluding carboxylic acids is 1. The van der Waals surface area contributed by atoms with Crippen molar-refractivity contribution in [2.24, 2.45) is 0 Å². The molecule has 2 aromatic carbocycles. The molecule has 1 aliphatic carbocycles. The van der Waals surface area contributed by atoms with Gasteiger partial charge in [-0.3, -0.25) is 23.6 Å². The third kappa shape index (κ3) is 4.59. The first-order chi connectivity index (χ1) is 16.0. The Balaban J connectivity index is 1.23. The van der Waals surface area contributed by atoms with Crippen LogP contribution in [0.5, 0.6) is 0 Å². The molecule has 170 valence electrons. The third-order valence-corrected chi connectivity index (χ3v) is 7.49. The number of hydrogen-bond acceptors (Lipinski definition) is 6. The third-order valence-electron chi connectivity index (χ3n) is 5.89. The lowest BCUT2D eigenvalue weighted by Crippen LogP contribution is -2.56. The summed E-state index contributed by atoms with van der Waals surface area (Å²) >= 11 is 0. The molecule has 33 heavy (non-hydrogen) atoms. The van der Waals surface area contributed by atoms with Gasteiger partial charge in [-0.25, -0.2) is 0 Å². The molecule has 1 aromatic heterocycles. The minimum Gasteiger partial charge on any atom is -0.379 e. The van der Waals surface area contributed by atoms with E-state index < -0.39 is 10.8 Å². The fourth-order valence-electron chi connectivity index (χ4n) is 4.16. The number of aromatic nitrogens is 1. The molecule has 0 saturated carbocycles. The minimum atomic E-state index is -3.25. The van der Waals surface area contributed by atoms with Crippen LogP contribution in [0.1, 0.15) is 23.2 Å². The Morgan fingerprint density at radius 3 is 2.48 bits per heavy atom. The van der Waals surface area contributed by atoms with E-state index in [1.54, 1.807) is 35.4 Å². The summed E-state index contributed by atoms with van der Waals surface area (Å²) in [7, 11) is -3.25. The lowest BCUT2D eigenvalue weighted by atomic mass is 10.1. The van der Waals surface area contributed by atoms with E-state index in [0.717, 1.165) is 17.3 Å². The summed E-state index contributed by atoms with van der Waals surface area (Å²) in [6.45, 7) is 1.30. The minimum absolute atomic E-state index is 0.0328. The molecule has 1 fully saturated rings. The van der Waals surface area contributed by atoms with Gasteiger partial charge in [0.05, 0.1) is 22.0 Å². The van der Waals surface area contributed by atoms with Gasteiger partial charge >= 0.3 is 0 Å². The van der Waals surface area contributed by atoms with Crippen molar-refractivity contribution in [1.82, 2.24) is 9.88 Å². The number of hydrogen-bond donors (Lipinski definition) is 4. The van der Waals surface area contributed by atoms with E-state index in [0.29, 0.717) is 41.0 Å². The van der Waals surface area contributed by atoms with Crippen molar-refractivity contribution in [2.75, 3.05) is 23.1 Å². The summed E-state index contributed by atoms with van der Waals surface area (Å²) in [5, 5.41) is 4.96. The van der Waals surface area contributed by atoms with Crippen LogP contribution in [0, 0.1) is 0 Å². The Morgan fingerprint density at radius 2 is 1.73 bits per heavy atom. The molecule has 0 bridgehead atoms. The second-order valence-corrected chi connectivity index (χ2v) is 10.0. The number of benzene rings is 2. The maximum absolute atomic E-state index is 12.8. The van der Waals surface area contributed by atoms with Crippen LogP contribution >= 0.6 is 10.8 Å². The zero-order valence-corrected chi connectivity index (χ0v) is 18.8. The average Bonchev–Trinajstić information content (AvgIpc) is 2.81. The first kappa shape index (κ1) is 21.5. The van der Waals surface area contributed by atoms with Crippen molar-refractivity contribution < 1.29 is 13.9 Å². The fraction of sp³-hybridized carbons (Fsp3) is 0.200. The first-order valence-corrected chi connectivity index (χ1v) is 12.5. The van der Waals surface area contributed by atoms with Gasteiger partial charge in [0.2, 0.25) is 0 Å². The van der Waals surface area contributed by atoms with Gasteiger partial charge in [0, 0.05) is 30.5 Å². The van der Waals surface area contributed by atoms with Gasteiger partial charge in [-0.05, 0) is 60.5 Å². The lowest BCUT2D eigenvalue weighted by molar-refractivity contribution is 0.0625. The van der Waals surface area contributed by atoms with Crippen LogP contribution < -0.4 is 20.6 Å². The standard InChI is InChI=1S/C25H26N4O3S/c30-25(29-16-22(17-29)27-20-8-2-1-3-9-20)19-11-13-21(14-12-19)28-33(31,32)23-10-4-6-18-7-5-15-26-24(18)23/h1-3,5-9,11-15,22,27-28,31-32H,4,10,16-17H2. The number of rotatable bonds is 6. The number of anilines is 2. The number of para-hydroxylation sites is 1. The fourth-order valence-corrected chi connectivity index (χ4v) is 5.60. The Morgan fingerprint density at radius 1 is 0.970 bits per heavy atom. The Kier molecular flexibility index (Phi) is 5.80. The van der Waals surface area contributed by atoms with Crippen molar-refractivity contribution in [3.63, 3.8) is 0 Å². The summed E-state index contributed by atoms with van der Waals surface area (Å²) in [6.07, 6.45) is 4.97. The molecule has 0 atom stereocenters. The highest BCUT2D eigenvalue weighted by Crippen LogP contribution is 2.50.